The van der Waals surface area contributed by atoms with Gasteiger partial charge >= 0.3 is 0 Å². The van der Waals surface area contributed by atoms with Crippen LogP contribution < -0.4 is 16.8 Å². The van der Waals surface area contributed by atoms with Crippen LogP contribution in [0.1, 0.15) is 44.1 Å². The third-order valence-electron chi connectivity index (χ3n) is 5.62. The Morgan fingerprint density at radius 3 is 2.42 bits per heavy atom. The molecule has 0 unspecified atom stereocenters. The Kier molecular flexibility index (Phi) is 17.4. The lowest BCUT2D eigenvalue weighted by atomic mass is 9.87. The molecule has 1 rings (SSSR count). The SMILES string of the molecule is COCCNC(=O)COCCOCCCC(=O)[C@H](CCCCN)CC(=O)[C@@H]([NH])Cc1ccc(O)cc1. The molecule has 1 aromatic carbocycles. The number of nitrogens with two attached hydrogens (primary N) is 1. The average Bonchev–Trinajstić information content (AvgIpc) is 2.86. The highest BCUT2D eigenvalue weighted by molar-refractivity contribution is 5.90. The number of carbonyl (C=O) groups is 3. The molecule has 2 atom stereocenters. The summed E-state index contributed by atoms with van der Waals surface area (Å²) in [5, 5.41) is 12.0. The first-order chi connectivity index (χ1) is 17.4. The van der Waals surface area contributed by atoms with Crippen molar-refractivity contribution in [2.75, 3.05) is 53.2 Å². The lowest BCUT2D eigenvalue weighted by Crippen LogP contribution is -2.30. The second-order valence-corrected chi connectivity index (χ2v) is 8.65. The number of ether oxygens (including phenoxy) is 3. The van der Waals surface area contributed by atoms with Crippen LogP contribution >= 0.6 is 0 Å². The molecule has 0 aliphatic carbocycles. The highest BCUT2D eigenvalue weighted by Gasteiger charge is 2.24. The summed E-state index contributed by atoms with van der Waals surface area (Å²) in [6.45, 7) is 2.32. The van der Waals surface area contributed by atoms with Gasteiger partial charge in [0.25, 0.3) is 0 Å². The van der Waals surface area contributed by atoms with E-state index in [-0.39, 0.29) is 49.3 Å². The molecule has 0 bridgehead atoms. The number of unbranched alkanes of at least 4 members (excludes halogenated alkanes) is 1. The van der Waals surface area contributed by atoms with Gasteiger partial charge in [0, 0.05) is 39.0 Å². The number of rotatable bonds is 22. The fourth-order valence-corrected chi connectivity index (χ4v) is 3.56. The van der Waals surface area contributed by atoms with Crippen LogP contribution in [-0.4, -0.2) is 81.9 Å². The molecule has 36 heavy (non-hydrogen) atoms. The van der Waals surface area contributed by atoms with E-state index in [1.54, 1.807) is 19.2 Å². The summed E-state index contributed by atoms with van der Waals surface area (Å²) in [5.74, 6) is -0.754. The molecular weight excluding hydrogens is 466 g/mol. The molecule has 203 valence electrons. The second kappa shape index (κ2) is 19.8. The van der Waals surface area contributed by atoms with Gasteiger partial charge in [0.2, 0.25) is 5.91 Å². The molecule has 10 heteroatoms. The molecule has 0 aliphatic heterocycles. The Balaban J connectivity index is 2.33. The minimum atomic E-state index is -0.954. The van der Waals surface area contributed by atoms with Crippen molar-refractivity contribution in [2.24, 2.45) is 11.7 Å². The zero-order valence-corrected chi connectivity index (χ0v) is 21.3. The van der Waals surface area contributed by atoms with E-state index < -0.39 is 12.0 Å². The molecule has 0 heterocycles. The Morgan fingerprint density at radius 1 is 1.00 bits per heavy atom. The number of carbonyl (C=O) groups excluding carboxylic acids is 3. The van der Waals surface area contributed by atoms with Crippen molar-refractivity contribution in [3.8, 4) is 5.75 Å². The van der Waals surface area contributed by atoms with E-state index in [4.69, 9.17) is 25.7 Å². The van der Waals surface area contributed by atoms with E-state index in [0.29, 0.717) is 52.2 Å². The number of hydrogen-bond donors (Lipinski definition) is 3. The van der Waals surface area contributed by atoms with Gasteiger partial charge in [-0.3, -0.25) is 14.4 Å². The minimum Gasteiger partial charge on any atom is -0.508 e. The maximum absolute atomic E-state index is 12.8. The molecule has 0 aliphatic rings. The van der Waals surface area contributed by atoms with E-state index in [9.17, 15) is 19.5 Å². The molecule has 5 N–H and O–H groups in total. The van der Waals surface area contributed by atoms with Crippen molar-refractivity contribution in [3.05, 3.63) is 29.8 Å². The molecular formula is C26H42N3O7. The zero-order chi connectivity index (χ0) is 26.6. The summed E-state index contributed by atoms with van der Waals surface area (Å²) in [6.07, 6.45) is 3.23. The van der Waals surface area contributed by atoms with Gasteiger partial charge in [-0.25, -0.2) is 5.73 Å². The van der Waals surface area contributed by atoms with Gasteiger partial charge in [-0.05, 0) is 49.9 Å². The van der Waals surface area contributed by atoms with Crippen LogP contribution in [0.5, 0.6) is 5.75 Å². The first-order valence-electron chi connectivity index (χ1n) is 12.5. The van der Waals surface area contributed by atoms with Crippen molar-refractivity contribution < 1.29 is 33.7 Å². The van der Waals surface area contributed by atoms with Crippen molar-refractivity contribution >= 4 is 17.5 Å². The van der Waals surface area contributed by atoms with E-state index in [0.717, 1.165) is 18.4 Å². The lowest BCUT2D eigenvalue weighted by Gasteiger charge is -2.18. The van der Waals surface area contributed by atoms with Crippen molar-refractivity contribution in [3.63, 3.8) is 0 Å². The van der Waals surface area contributed by atoms with E-state index in [2.05, 4.69) is 5.32 Å². The normalized spacial score (nSPS) is 12.8. The first kappa shape index (κ1) is 31.7. The molecule has 0 saturated heterocycles. The van der Waals surface area contributed by atoms with E-state index >= 15 is 0 Å². The van der Waals surface area contributed by atoms with Crippen LogP contribution in [0.25, 0.3) is 0 Å². The number of phenolic OH excluding ortho intramolecular Hbond substituents is 1. The third-order valence-corrected chi connectivity index (χ3v) is 5.62. The number of methoxy groups -OCH3 is 1. The van der Waals surface area contributed by atoms with Crippen molar-refractivity contribution in [2.45, 2.75) is 51.0 Å². The predicted molar refractivity (Wildman–Crippen MR) is 135 cm³/mol. The topological polar surface area (TPSA) is 161 Å². The van der Waals surface area contributed by atoms with E-state index in [1.165, 1.54) is 12.1 Å². The number of phenols is 1. The molecule has 1 radical (unpaired) electrons. The highest BCUT2D eigenvalue weighted by Crippen LogP contribution is 2.19. The van der Waals surface area contributed by atoms with Crippen LogP contribution in [0.3, 0.4) is 0 Å². The number of amides is 1. The number of hydrogen-bond acceptors (Lipinski definition) is 8. The Hall–Kier alpha value is -2.37. The summed E-state index contributed by atoms with van der Waals surface area (Å²) in [4.78, 5) is 37.0. The number of benzene rings is 1. The largest absolute Gasteiger partial charge is 0.508 e. The number of ketones is 2. The highest BCUT2D eigenvalue weighted by atomic mass is 16.5. The monoisotopic (exact) mass is 508 g/mol. The van der Waals surface area contributed by atoms with Gasteiger partial charge < -0.3 is 30.4 Å². The minimum absolute atomic E-state index is 0.00443. The Labute approximate surface area is 214 Å². The van der Waals surface area contributed by atoms with Gasteiger partial charge in [0.15, 0.2) is 5.78 Å². The average molecular weight is 509 g/mol. The molecule has 1 aromatic rings. The fourth-order valence-electron chi connectivity index (χ4n) is 3.56. The van der Waals surface area contributed by atoms with Crippen LogP contribution in [-0.2, 0) is 35.0 Å². The second-order valence-electron chi connectivity index (χ2n) is 8.65. The molecule has 10 nitrogen and oxygen atoms in total. The molecule has 0 aromatic heterocycles. The number of aromatic hydroxyl groups is 1. The zero-order valence-electron chi connectivity index (χ0n) is 21.3. The maximum atomic E-state index is 12.8. The number of Topliss-reactive ketones (excluding diaryl/α,β-unsaturated/α-hetero) is 2. The fraction of sp³-hybridized carbons (Fsp3) is 0.654. The lowest BCUT2D eigenvalue weighted by molar-refractivity contribution is -0.129. The quantitative estimate of drug-likeness (QED) is 0.198. The van der Waals surface area contributed by atoms with E-state index in [1.807, 2.05) is 0 Å². The summed E-state index contributed by atoms with van der Waals surface area (Å²) in [6, 6.07) is 5.49. The van der Waals surface area contributed by atoms with Crippen molar-refractivity contribution in [1.29, 1.82) is 0 Å². The third kappa shape index (κ3) is 14.9. The van der Waals surface area contributed by atoms with Gasteiger partial charge in [-0.15, -0.1) is 0 Å². The molecule has 1 amide bonds. The van der Waals surface area contributed by atoms with Crippen LogP contribution in [0, 0.1) is 5.92 Å². The van der Waals surface area contributed by atoms with Gasteiger partial charge in [-0.1, -0.05) is 18.6 Å². The maximum Gasteiger partial charge on any atom is 0.246 e. The van der Waals surface area contributed by atoms with Gasteiger partial charge in [0.05, 0.1) is 25.9 Å². The summed E-state index contributed by atoms with van der Waals surface area (Å²) in [5.41, 5.74) is 14.6. The summed E-state index contributed by atoms with van der Waals surface area (Å²) >= 11 is 0. The summed E-state index contributed by atoms with van der Waals surface area (Å²) in [7, 11) is 1.56. The molecule has 0 spiro atoms. The molecule has 0 fully saturated rings. The first-order valence-corrected chi connectivity index (χ1v) is 12.5. The smallest absolute Gasteiger partial charge is 0.246 e. The van der Waals surface area contributed by atoms with Gasteiger partial charge in [-0.2, -0.15) is 0 Å². The summed E-state index contributed by atoms with van der Waals surface area (Å²) < 4.78 is 15.6. The predicted octanol–water partition coefficient (Wildman–Crippen LogP) is 1.44. The van der Waals surface area contributed by atoms with Gasteiger partial charge in [0.1, 0.15) is 18.1 Å². The van der Waals surface area contributed by atoms with Crippen LogP contribution in [0.15, 0.2) is 24.3 Å². The van der Waals surface area contributed by atoms with Crippen LogP contribution in [0.4, 0.5) is 0 Å². The molecule has 0 saturated carbocycles. The Morgan fingerprint density at radius 2 is 1.72 bits per heavy atom. The number of nitrogens with one attached hydrogen (secondary N) is 2. The van der Waals surface area contributed by atoms with Crippen LogP contribution in [0.2, 0.25) is 0 Å². The Bertz CT molecular complexity index is 758. The standard InChI is InChI=1S/C26H42N3O7/c1-34-14-12-29-26(33)19-36-16-15-35-13-4-6-24(31)21(5-2-3-11-27)18-25(32)23(28)17-20-7-9-22(30)10-8-20/h7-10,21,23,28,30H,2-6,11-19,27H2,1H3,(H,29,33)/t21-,23+/m1/s1. The van der Waals surface area contributed by atoms with Crippen molar-refractivity contribution in [1.82, 2.24) is 11.1 Å².